The molecule has 4 heterocycles. The molecular formula is C44H68O8. The van der Waals surface area contributed by atoms with E-state index in [-0.39, 0.29) is 35.6 Å². The van der Waals surface area contributed by atoms with Crippen molar-refractivity contribution in [1.82, 2.24) is 0 Å². The van der Waals surface area contributed by atoms with Crippen molar-refractivity contribution >= 4 is 0 Å². The molecule has 2 aromatic carbocycles. The van der Waals surface area contributed by atoms with Crippen LogP contribution in [0.15, 0.2) is 48.5 Å². The molecule has 4 fully saturated rings. The molecule has 0 aliphatic carbocycles. The molecule has 0 saturated carbocycles. The number of hydrogen-bond acceptors (Lipinski definition) is 8. The van der Waals surface area contributed by atoms with Crippen LogP contribution >= 0.6 is 0 Å². The van der Waals surface area contributed by atoms with Gasteiger partial charge >= 0.3 is 0 Å². The molecule has 52 heavy (non-hydrogen) atoms. The Bertz CT molecular complexity index is 1350. The van der Waals surface area contributed by atoms with E-state index in [1.54, 1.807) is 0 Å². The second-order valence-electron chi connectivity index (χ2n) is 18.5. The maximum atomic E-state index is 12.0. The molecular weight excluding hydrogens is 656 g/mol. The monoisotopic (exact) mass is 724 g/mol. The van der Waals surface area contributed by atoms with Crippen molar-refractivity contribution in [1.29, 1.82) is 0 Å². The van der Waals surface area contributed by atoms with E-state index in [1.807, 2.05) is 24.3 Å². The second kappa shape index (κ2) is 16.1. The Balaban J connectivity index is 0.000000201. The Morgan fingerprint density at radius 1 is 0.615 bits per heavy atom. The minimum atomic E-state index is -1.05. The molecule has 0 aromatic heterocycles. The van der Waals surface area contributed by atoms with Gasteiger partial charge in [-0.25, -0.2) is 0 Å². The lowest BCUT2D eigenvalue weighted by Gasteiger charge is -2.50. The molecule has 0 amide bonds. The van der Waals surface area contributed by atoms with Crippen molar-refractivity contribution in [3.05, 3.63) is 70.8 Å². The zero-order valence-electron chi connectivity index (χ0n) is 33.8. The molecule has 6 rings (SSSR count). The summed E-state index contributed by atoms with van der Waals surface area (Å²) in [6.07, 6.45) is 5.26. The molecule has 6 atom stereocenters. The number of benzene rings is 2. The molecule has 2 unspecified atom stereocenters. The van der Waals surface area contributed by atoms with Crippen LogP contribution in [0.4, 0.5) is 0 Å². The Morgan fingerprint density at radius 2 is 1.00 bits per heavy atom. The Hall–Kier alpha value is -1.88. The van der Waals surface area contributed by atoms with Gasteiger partial charge in [-0.1, -0.05) is 115 Å². The van der Waals surface area contributed by atoms with Crippen molar-refractivity contribution in [3.8, 4) is 0 Å². The summed E-state index contributed by atoms with van der Waals surface area (Å²) in [4.78, 5) is 0. The first-order chi connectivity index (χ1) is 24.3. The number of aryl methyl sites for hydroxylation is 2. The Labute approximate surface area is 313 Å². The largest absolute Gasteiger partial charge is 0.385 e. The van der Waals surface area contributed by atoms with Crippen LogP contribution in [0.1, 0.15) is 128 Å². The standard InChI is InChI=1S/2C22H34O4/c2*1-16-9-8-10-17(13-16)19-22(23,21(4,5)15-26-19)20(2,3)14-25-18-11-6-7-12-24-18/h2*8-10,13,18-19,23H,6-7,11-12,14-15H2,1-5H3/t18?,19-,22+;18?,19-,22-/m00/s1. The summed E-state index contributed by atoms with van der Waals surface area (Å²) >= 11 is 0. The maximum Gasteiger partial charge on any atom is 0.157 e. The van der Waals surface area contributed by atoms with Gasteiger partial charge < -0.3 is 38.6 Å². The quantitative estimate of drug-likeness (QED) is 0.251. The van der Waals surface area contributed by atoms with Gasteiger partial charge in [-0.15, -0.1) is 0 Å². The first kappa shape index (κ1) is 41.3. The number of aliphatic hydroxyl groups is 2. The lowest BCUT2D eigenvalue weighted by Crippen LogP contribution is -2.58. The Kier molecular flexibility index (Phi) is 12.8. The van der Waals surface area contributed by atoms with E-state index in [1.165, 1.54) is 11.1 Å². The van der Waals surface area contributed by atoms with Gasteiger partial charge in [-0.05, 0) is 63.5 Å². The SMILES string of the molecule is Cc1cccc([C@@H]2OCC(C)(C)[C@@]2(O)C(C)(C)COC2CCCCO2)c1.Cc1cccc([C@@H]2OCC(C)(C)[C@]2(O)C(C)(C)COC2CCCCO2)c1. The highest BCUT2D eigenvalue weighted by Gasteiger charge is 2.65. The second-order valence-corrected chi connectivity index (χ2v) is 18.5. The van der Waals surface area contributed by atoms with E-state index >= 15 is 0 Å². The average Bonchev–Trinajstić information content (AvgIpc) is 3.52. The first-order valence-corrected chi connectivity index (χ1v) is 19.6. The van der Waals surface area contributed by atoms with Gasteiger partial charge in [0.15, 0.2) is 12.6 Å². The van der Waals surface area contributed by atoms with E-state index < -0.39 is 22.0 Å². The van der Waals surface area contributed by atoms with Crippen LogP contribution in [0.5, 0.6) is 0 Å². The molecule has 4 aliphatic rings. The van der Waals surface area contributed by atoms with Crippen LogP contribution in [0.25, 0.3) is 0 Å². The third-order valence-electron chi connectivity index (χ3n) is 12.3. The van der Waals surface area contributed by atoms with Crippen LogP contribution in [0, 0.1) is 35.5 Å². The van der Waals surface area contributed by atoms with Gasteiger partial charge in [0.1, 0.15) is 23.4 Å². The smallest absolute Gasteiger partial charge is 0.157 e. The number of ether oxygens (including phenoxy) is 6. The molecule has 0 radical (unpaired) electrons. The van der Waals surface area contributed by atoms with Crippen molar-refractivity contribution in [2.24, 2.45) is 21.7 Å². The van der Waals surface area contributed by atoms with E-state index in [9.17, 15) is 10.2 Å². The lowest BCUT2D eigenvalue weighted by molar-refractivity contribution is -0.222. The van der Waals surface area contributed by atoms with Gasteiger partial charge in [-0.2, -0.15) is 0 Å². The van der Waals surface area contributed by atoms with E-state index in [2.05, 4.69) is 93.5 Å². The number of rotatable bonds is 10. The molecule has 8 nitrogen and oxygen atoms in total. The predicted octanol–water partition coefficient (Wildman–Crippen LogP) is 8.79. The van der Waals surface area contributed by atoms with Crippen LogP contribution in [0.2, 0.25) is 0 Å². The summed E-state index contributed by atoms with van der Waals surface area (Å²) in [5, 5.41) is 24.1. The lowest BCUT2D eigenvalue weighted by atomic mass is 9.59. The molecule has 0 bridgehead atoms. The minimum Gasteiger partial charge on any atom is -0.385 e. The predicted molar refractivity (Wildman–Crippen MR) is 204 cm³/mol. The maximum absolute atomic E-state index is 12.0. The summed E-state index contributed by atoms with van der Waals surface area (Å²) < 4.78 is 35.9. The highest BCUT2D eigenvalue weighted by atomic mass is 16.7. The third kappa shape index (κ3) is 8.20. The zero-order valence-corrected chi connectivity index (χ0v) is 33.8. The van der Waals surface area contributed by atoms with Crippen molar-refractivity contribution in [2.45, 2.75) is 144 Å². The fourth-order valence-electron chi connectivity index (χ4n) is 9.15. The molecule has 292 valence electrons. The van der Waals surface area contributed by atoms with Crippen LogP contribution in [-0.4, -0.2) is 73.6 Å². The normalized spacial score (nSPS) is 31.9. The van der Waals surface area contributed by atoms with Crippen molar-refractivity contribution < 1.29 is 38.6 Å². The molecule has 4 saturated heterocycles. The van der Waals surface area contributed by atoms with Gasteiger partial charge in [-0.3, -0.25) is 0 Å². The summed E-state index contributed by atoms with van der Waals surface area (Å²) in [6.45, 7) is 24.2. The van der Waals surface area contributed by atoms with Crippen molar-refractivity contribution in [3.63, 3.8) is 0 Å². The van der Waals surface area contributed by atoms with Crippen molar-refractivity contribution in [2.75, 3.05) is 39.6 Å². The highest BCUT2D eigenvalue weighted by Crippen LogP contribution is 2.59. The van der Waals surface area contributed by atoms with E-state index in [0.717, 1.165) is 62.9 Å². The molecule has 2 aromatic rings. The summed E-state index contributed by atoms with van der Waals surface area (Å²) in [6, 6.07) is 16.5. The van der Waals surface area contributed by atoms with Gasteiger partial charge in [0.05, 0.1) is 26.4 Å². The van der Waals surface area contributed by atoms with Gasteiger partial charge in [0, 0.05) is 34.9 Å². The average molecular weight is 725 g/mol. The Morgan fingerprint density at radius 3 is 1.33 bits per heavy atom. The molecule has 8 heteroatoms. The summed E-state index contributed by atoms with van der Waals surface area (Å²) in [5.41, 5.74) is 0.518. The van der Waals surface area contributed by atoms with Crippen LogP contribution in [0.3, 0.4) is 0 Å². The van der Waals surface area contributed by atoms with Gasteiger partial charge in [0.2, 0.25) is 0 Å². The summed E-state index contributed by atoms with van der Waals surface area (Å²) in [5.74, 6) is 0. The third-order valence-corrected chi connectivity index (χ3v) is 12.3. The highest BCUT2D eigenvalue weighted by molar-refractivity contribution is 5.31. The fraction of sp³-hybridized carbons (Fsp3) is 0.727. The fourth-order valence-corrected chi connectivity index (χ4v) is 9.15. The topological polar surface area (TPSA) is 95.8 Å². The molecule has 4 aliphatic heterocycles. The molecule has 0 spiro atoms. The van der Waals surface area contributed by atoms with E-state index in [4.69, 9.17) is 28.4 Å². The first-order valence-electron chi connectivity index (χ1n) is 19.6. The van der Waals surface area contributed by atoms with E-state index in [0.29, 0.717) is 26.4 Å². The zero-order chi connectivity index (χ0) is 38.0. The van der Waals surface area contributed by atoms with Crippen LogP contribution in [-0.2, 0) is 28.4 Å². The van der Waals surface area contributed by atoms with Gasteiger partial charge in [0.25, 0.3) is 0 Å². The summed E-state index contributed by atoms with van der Waals surface area (Å²) in [7, 11) is 0. The minimum absolute atomic E-state index is 0.158. The van der Waals surface area contributed by atoms with Crippen LogP contribution < -0.4 is 0 Å². The molecule has 2 N–H and O–H groups in total. The number of hydrogen-bond donors (Lipinski definition) is 2.